The third-order valence-electron chi connectivity index (χ3n) is 5.45. The van der Waals surface area contributed by atoms with Gasteiger partial charge in [0.15, 0.2) is 5.60 Å². The summed E-state index contributed by atoms with van der Waals surface area (Å²) in [6.45, 7) is 11.1. The zero-order valence-corrected chi connectivity index (χ0v) is 15.7. The maximum Gasteiger partial charge on any atom is 0.341 e. The first-order valence-corrected chi connectivity index (χ1v) is 8.93. The predicted octanol–water partition coefficient (Wildman–Crippen LogP) is 2.22. The highest BCUT2D eigenvalue weighted by Crippen LogP contribution is 2.40. The highest BCUT2D eigenvalue weighted by atomic mass is 16.7. The molecule has 0 radical (unpaired) electrons. The van der Waals surface area contributed by atoms with Gasteiger partial charge in [-0.2, -0.15) is 0 Å². The fraction of sp³-hybridized carbons (Fsp3) is 0.600. The van der Waals surface area contributed by atoms with Gasteiger partial charge in [-0.05, 0) is 40.2 Å². The van der Waals surface area contributed by atoms with Crippen LogP contribution in [0.1, 0.15) is 40.5 Å². The monoisotopic (exact) mass is 362 g/mol. The number of carbonyl (C=O) groups is 2. The summed E-state index contributed by atoms with van der Waals surface area (Å²) in [7, 11) is 0. The lowest BCUT2D eigenvalue weighted by atomic mass is 9.85. The highest BCUT2D eigenvalue weighted by molar-refractivity contribution is 5.91. The van der Waals surface area contributed by atoms with Crippen molar-refractivity contribution in [1.82, 2.24) is 0 Å². The lowest BCUT2D eigenvalue weighted by molar-refractivity contribution is -0.157. The van der Waals surface area contributed by atoms with E-state index in [1.165, 1.54) is 0 Å². The van der Waals surface area contributed by atoms with E-state index in [2.05, 4.69) is 6.58 Å². The molecule has 1 aliphatic carbocycles. The Kier molecular flexibility index (Phi) is 4.84. The number of esters is 2. The largest absolute Gasteiger partial charge is 0.459 e. The van der Waals surface area contributed by atoms with E-state index >= 15 is 0 Å². The number of carbonyl (C=O) groups excluding carboxylic acids is 2. The van der Waals surface area contributed by atoms with Gasteiger partial charge in [-0.15, -0.1) is 0 Å². The van der Waals surface area contributed by atoms with Gasteiger partial charge in [0.1, 0.15) is 12.2 Å². The zero-order chi connectivity index (χ0) is 19.2. The predicted molar refractivity (Wildman–Crippen MR) is 94.1 cm³/mol. The van der Waals surface area contributed by atoms with E-state index in [0.29, 0.717) is 18.4 Å². The molecule has 0 aromatic carbocycles. The first kappa shape index (κ1) is 18.9. The second-order valence-corrected chi connectivity index (χ2v) is 7.73. The SMILES string of the molecule is C=C1C(=O)O[C@@H]2C=C(C)C[C@H](O)/C=C(/C)C[C@@H](OC(=O)[C@]3(C)O[C@@H]3C)[C@@H]12. The Morgan fingerprint density at radius 1 is 1.31 bits per heavy atom. The van der Waals surface area contributed by atoms with Gasteiger partial charge in [-0.1, -0.05) is 23.8 Å². The summed E-state index contributed by atoms with van der Waals surface area (Å²) in [6, 6.07) is 0. The minimum atomic E-state index is -0.946. The van der Waals surface area contributed by atoms with Gasteiger partial charge in [-0.25, -0.2) is 9.59 Å². The average Bonchev–Trinajstić information content (AvgIpc) is 3.04. The number of hydrogen-bond acceptors (Lipinski definition) is 6. The Hall–Kier alpha value is -1.92. The van der Waals surface area contributed by atoms with Gasteiger partial charge in [0, 0.05) is 12.0 Å². The topological polar surface area (TPSA) is 85.4 Å². The molecule has 26 heavy (non-hydrogen) atoms. The van der Waals surface area contributed by atoms with Crippen LogP contribution >= 0.6 is 0 Å². The summed E-state index contributed by atoms with van der Waals surface area (Å²) >= 11 is 0. The van der Waals surface area contributed by atoms with Crippen LogP contribution in [0, 0.1) is 5.92 Å². The van der Waals surface area contributed by atoms with Crippen molar-refractivity contribution in [3.8, 4) is 0 Å². The van der Waals surface area contributed by atoms with Crippen LogP contribution in [0.25, 0.3) is 0 Å². The van der Waals surface area contributed by atoms with Gasteiger partial charge in [0.2, 0.25) is 0 Å². The second kappa shape index (κ2) is 6.67. The minimum Gasteiger partial charge on any atom is -0.459 e. The number of hydrogen-bond donors (Lipinski definition) is 1. The number of rotatable bonds is 2. The van der Waals surface area contributed by atoms with Gasteiger partial charge in [0.25, 0.3) is 0 Å². The van der Waals surface area contributed by atoms with Crippen molar-refractivity contribution >= 4 is 11.9 Å². The molecule has 0 aromatic rings. The molecule has 2 heterocycles. The van der Waals surface area contributed by atoms with Gasteiger partial charge in [0.05, 0.1) is 18.1 Å². The minimum absolute atomic E-state index is 0.199. The van der Waals surface area contributed by atoms with E-state index in [1.807, 2.05) is 26.8 Å². The molecule has 0 unspecified atom stereocenters. The summed E-state index contributed by atoms with van der Waals surface area (Å²) in [5.41, 5.74) is 1.14. The van der Waals surface area contributed by atoms with Crippen molar-refractivity contribution < 1.29 is 28.9 Å². The van der Waals surface area contributed by atoms with Gasteiger partial charge in [-0.3, -0.25) is 0 Å². The van der Waals surface area contributed by atoms with Crippen LogP contribution in [0.4, 0.5) is 0 Å². The molecule has 142 valence electrons. The molecule has 0 amide bonds. The summed E-state index contributed by atoms with van der Waals surface area (Å²) in [6.07, 6.45) is 2.41. The smallest absolute Gasteiger partial charge is 0.341 e. The lowest BCUT2D eigenvalue weighted by Crippen LogP contribution is -2.37. The van der Waals surface area contributed by atoms with Crippen LogP contribution in [0.15, 0.2) is 35.5 Å². The molecule has 6 heteroatoms. The molecule has 3 aliphatic rings. The summed E-state index contributed by atoms with van der Waals surface area (Å²) in [4.78, 5) is 24.7. The third-order valence-corrected chi connectivity index (χ3v) is 5.45. The van der Waals surface area contributed by atoms with E-state index in [-0.39, 0.29) is 6.10 Å². The number of fused-ring (bicyclic) bond motifs is 1. The van der Waals surface area contributed by atoms with Crippen LogP contribution in [-0.4, -0.2) is 47.1 Å². The van der Waals surface area contributed by atoms with Crippen molar-refractivity contribution in [1.29, 1.82) is 0 Å². The Morgan fingerprint density at radius 2 is 1.92 bits per heavy atom. The first-order valence-electron chi connectivity index (χ1n) is 8.93. The molecular formula is C20H26O6. The molecule has 2 fully saturated rings. The van der Waals surface area contributed by atoms with Gasteiger partial charge >= 0.3 is 11.9 Å². The summed E-state index contributed by atoms with van der Waals surface area (Å²) < 4.78 is 16.6. The van der Waals surface area contributed by atoms with Crippen LogP contribution < -0.4 is 0 Å². The lowest BCUT2D eigenvalue weighted by Gasteiger charge is -2.28. The van der Waals surface area contributed by atoms with Crippen molar-refractivity contribution in [2.45, 2.75) is 70.6 Å². The molecule has 6 nitrogen and oxygen atoms in total. The van der Waals surface area contributed by atoms with Crippen LogP contribution in [-0.2, 0) is 23.8 Å². The van der Waals surface area contributed by atoms with Crippen molar-refractivity contribution in [3.63, 3.8) is 0 Å². The van der Waals surface area contributed by atoms with Crippen LogP contribution in [0.3, 0.4) is 0 Å². The average molecular weight is 362 g/mol. The Morgan fingerprint density at radius 3 is 2.54 bits per heavy atom. The molecule has 2 saturated heterocycles. The van der Waals surface area contributed by atoms with E-state index in [4.69, 9.17) is 14.2 Å². The molecule has 0 spiro atoms. The summed E-state index contributed by atoms with van der Waals surface area (Å²) in [5.74, 6) is -1.39. The van der Waals surface area contributed by atoms with Crippen molar-refractivity contribution in [3.05, 3.63) is 35.5 Å². The number of ether oxygens (including phenoxy) is 3. The van der Waals surface area contributed by atoms with E-state index in [9.17, 15) is 14.7 Å². The molecular weight excluding hydrogens is 336 g/mol. The Balaban J connectivity index is 1.93. The normalized spacial score (nSPS) is 42.1. The van der Waals surface area contributed by atoms with E-state index < -0.39 is 41.8 Å². The fourth-order valence-electron chi connectivity index (χ4n) is 3.68. The van der Waals surface area contributed by atoms with Crippen LogP contribution in [0.2, 0.25) is 0 Å². The summed E-state index contributed by atoms with van der Waals surface area (Å²) in [5, 5.41) is 10.2. The van der Waals surface area contributed by atoms with Crippen LogP contribution in [0.5, 0.6) is 0 Å². The fourth-order valence-corrected chi connectivity index (χ4v) is 3.68. The maximum absolute atomic E-state index is 12.6. The van der Waals surface area contributed by atoms with Crippen molar-refractivity contribution in [2.24, 2.45) is 5.92 Å². The second-order valence-electron chi connectivity index (χ2n) is 7.73. The van der Waals surface area contributed by atoms with Gasteiger partial charge < -0.3 is 19.3 Å². The van der Waals surface area contributed by atoms with Crippen molar-refractivity contribution in [2.75, 3.05) is 0 Å². The number of epoxide rings is 1. The number of aliphatic hydroxyl groups excluding tert-OH is 1. The Bertz CT molecular complexity index is 705. The molecule has 0 saturated carbocycles. The molecule has 3 rings (SSSR count). The third kappa shape index (κ3) is 3.48. The zero-order valence-electron chi connectivity index (χ0n) is 15.7. The molecule has 2 aliphatic heterocycles. The standard InChI is InChI=1S/C20H26O6/c1-10-6-14(21)7-11(2)9-16(25-19(23)20(5)13(4)26-20)17-12(3)18(22)24-15(17)8-10/h7-8,13-17,21H,3,6,9H2,1-2,4-5H3/b10-8?,11-7-/t13-,14+,15-,16-,17+,20-/m1/s1. The Labute approximate surface area is 153 Å². The first-order chi connectivity index (χ1) is 12.1. The number of aliphatic hydroxyl groups is 1. The maximum atomic E-state index is 12.6. The molecule has 0 aromatic heterocycles. The molecule has 0 bridgehead atoms. The molecule has 1 N–H and O–H groups in total. The van der Waals surface area contributed by atoms with E-state index in [1.54, 1.807) is 13.0 Å². The van der Waals surface area contributed by atoms with E-state index in [0.717, 1.165) is 11.1 Å². The quantitative estimate of drug-likeness (QED) is 0.351. The highest BCUT2D eigenvalue weighted by Gasteiger charge is 2.58. The molecule has 6 atom stereocenters.